The van der Waals surface area contributed by atoms with Gasteiger partial charge in [-0.15, -0.1) is 0 Å². The van der Waals surface area contributed by atoms with Crippen molar-refractivity contribution in [3.05, 3.63) is 48.0 Å². The standard InChI is InChI=1S/C18H24N2O/c1-13(2)10-17(19)18(21)20(3)12-14-8-9-15-6-4-5-7-16(15)11-14/h4-9,11,13,17H,10,12,19H2,1-3H3/t17-/m0/s1. The molecule has 0 aliphatic rings. The van der Waals surface area contributed by atoms with Crippen LogP contribution in [0.5, 0.6) is 0 Å². The first-order valence-corrected chi connectivity index (χ1v) is 7.45. The molecule has 2 N–H and O–H groups in total. The van der Waals surface area contributed by atoms with Crippen LogP contribution >= 0.6 is 0 Å². The molecular weight excluding hydrogens is 260 g/mol. The number of nitrogens with two attached hydrogens (primary N) is 1. The zero-order valence-electron chi connectivity index (χ0n) is 13.0. The summed E-state index contributed by atoms with van der Waals surface area (Å²) < 4.78 is 0. The quantitative estimate of drug-likeness (QED) is 0.916. The number of hydrogen-bond acceptors (Lipinski definition) is 2. The zero-order chi connectivity index (χ0) is 15.4. The lowest BCUT2D eigenvalue weighted by Gasteiger charge is -2.22. The molecule has 0 aliphatic heterocycles. The van der Waals surface area contributed by atoms with Crippen LogP contribution in [0.3, 0.4) is 0 Å². The second kappa shape index (κ2) is 6.72. The Bertz CT molecular complexity index is 621. The molecule has 3 nitrogen and oxygen atoms in total. The number of nitrogens with zero attached hydrogens (tertiary/aromatic N) is 1. The predicted octanol–water partition coefficient (Wildman–Crippen LogP) is 3.17. The van der Waals surface area contributed by atoms with Crippen molar-refractivity contribution in [2.24, 2.45) is 11.7 Å². The van der Waals surface area contributed by atoms with E-state index in [1.54, 1.807) is 4.90 Å². The van der Waals surface area contributed by atoms with E-state index in [0.29, 0.717) is 12.5 Å². The second-order valence-corrected chi connectivity index (χ2v) is 6.11. The summed E-state index contributed by atoms with van der Waals surface area (Å²) in [6.07, 6.45) is 0.723. The van der Waals surface area contributed by atoms with Crippen molar-refractivity contribution in [3.8, 4) is 0 Å². The highest BCUT2D eigenvalue weighted by Crippen LogP contribution is 2.17. The summed E-state index contributed by atoms with van der Waals surface area (Å²) in [6, 6.07) is 14.1. The second-order valence-electron chi connectivity index (χ2n) is 6.11. The van der Waals surface area contributed by atoms with Gasteiger partial charge in [0.25, 0.3) is 0 Å². The number of fused-ring (bicyclic) bond motifs is 1. The third-order valence-corrected chi connectivity index (χ3v) is 3.65. The van der Waals surface area contributed by atoms with Crippen LogP contribution in [0.25, 0.3) is 10.8 Å². The summed E-state index contributed by atoms with van der Waals surface area (Å²) in [5.74, 6) is 0.440. The molecule has 0 saturated heterocycles. The Morgan fingerprint density at radius 1 is 1.14 bits per heavy atom. The van der Waals surface area contributed by atoms with E-state index in [0.717, 1.165) is 12.0 Å². The highest BCUT2D eigenvalue weighted by molar-refractivity contribution is 5.84. The number of rotatable bonds is 5. The molecule has 0 saturated carbocycles. The van der Waals surface area contributed by atoms with Gasteiger partial charge in [0.1, 0.15) is 0 Å². The first-order chi connectivity index (χ1) is 9.97. The minimum absolute atomic E-state index is 0.0110. The lowest BCUT2D eigenvalue weighted by Crippen LogP contribution is -2.42. The van der Waals surface area contributed by atoms with Gasteiger partial charge < -0.3 is 10.6 Å². The maximum atomic E-state index is 12.2. The molecule has 0 bridgehead atoms. The predicted molar refractivity (Wildman–Crippen MR) is 87.9 cm³/mol. The van der Waals surface area contributed by atoms with E-state index < -0.39 is 6.04 Å². The first kappa shape index (κ1) is 15.5. The van der Waals surface area contributed by atoms with Gasteiger partial charge in [-0.1, -0.05) is 50.2 Å². The van der Waals surface area contributed by atoms with Crippen molar-refractivity contribution >= 4 is 16.7 Å². The van der Waals surface area contributed by atoms with E-state index in [4.69, 9.17) is 5.73 Å². The molecule has 21 heavy (non-hydrogen) atoms. The maximum Gasteiger partial charge on any atom is 0.239 e. The molecule has 2 rings (SSSR count). The van der Waals surface area contributed by atoms with Gasteiger partial charge in [0.05, 0.1) is 6.04 Å². The van der Waals surface area contributed by atoms with Crippen LogP contribution in [-0.2, 0) is 11.3 Å². The first-order valence-electron chi connectivity index (χ1n) is 7.45. The van der Waals surface area contributed by atoms with Gasteiger partial charge in [0.2, 0.25) is 5.91 Å². The molecule has 0 heterocycles. The van der Waals surface area contributed by atoms with Crippen molar-refractivity contribution in [3.63, 3.8) is 0 Å². The molecular formula is C18H24N2O. The van der Waals surface area contributed by atoms with Crippen LogP contribution in [0.15, 0.2) is 42.5 Å². The maximum absolute atomic E-state index is 12.2. The fourth-order valence-electron chi connectivity index (χ4n) is 2.58. The van der Waals surface area contributed by atoms with Crippen molar-refractivity contribution in [2.45, 2.75) is 32.9 Å². The van der Waals surface area contributed by atoms with E-state index in [1.807, 2.05) is 19.2 Å². The zero-order valence-corrected chi connectivity index (χ0v) is 13.0. The van der Waals surface area contributed by atoms with Crippen molar-refractivity contribution < 1.29 is 4.79 Å². The van der Waals surface area contributed by atoms with E-state index in [9.17, 15) is 4.79 Å². The number of likely N-dealkylation sites (N-methyl/N-ethyl adjacent to an activating group) is 1. The SMILES string of the molecule is CC(C)C[C@H](N)C(=O)N(C)Cc1ccc2ccccc2c1. The Morgan fingerprint density at radius 3 is 2.48 bits per heavy atom. The minimum Gasteiger partial charge on any atom is -0.340 e. The Kier molecular flexibility index (Phi) is 4.97. The third-order valence-electron chi connectivity index (χ3n) is 3.65. The van der Waals surface area contributed by atoms with Gasteiger partial charge in [-0.05, 0) is 34.7 Å². The highest BCUT2D eigenvalue weighted by atomic mass is 16.2. The third kappa shape index (κ3) is 4.05. The van der Waals surface area contributed by atoms with Crippen LogP contribution in [0.2, 0.25) is 0 Å². The van der Waals surface area contributed by atoms with E-state index in [2.05, 4.69) is 44.2 Å². The van der Waals surface area contributed by atoms with Gasteiger partial charge in [0, 0.05) is 13.6 Å². The smallest absolute Gasteiger partial charge is 0.239 e. The van der Waals surface area contributed by atoms with E-state index >= 15 is 0 Å². The molecule has 0 aliphatic carbocycles. The fraction of sp³-hybridized carbons (Fsp3) is 0.389. The molecule has 0 unspecified atom stereocenters. The summed E-state index contributed by atoms with van der Waals surface area (Å²) in [6.45, 7) is 4.75. The lowest BCUT2D eigenvalue weighted by molar-refractivity contribution is -0.132. The monoisotopic (exact) mass is 284 g/mol. The number of hydrogen-bond donors (Lipinski definition) is 1. The molecule has 2 aromatic carbocycles. The summed E-state index contributed by atoms with van der Waals surface area (Å²) in [5.41, 5.74) is 7.10. The van der Waals surface area contributed by atoms with Gasteiger partial charge in [-0.3, -0.25) is 4.79 Å². The number of amides is 1. The van der Waals surface area contributed by atoms with Crippen molar-refractivity contribution in [1.82, 2.24) is 4.90 Å². The molecule has 0 fully saturated rings. The van der Waals surface area contributed by atoms with E-state index in [-0.39, 0.29) is 5.91 Å². The Morgan fingerprint density at radius 2 is 1.81 bits per heavy atom. The average Bonchev–Trinajstić information content (AvgIpc) is 2.45. The van der Waals surface area contributed by atoms with Crippen LogP contribution in [-0.4, -0.2) is 23.9 Å². The summed E-state index contributed by atoms with van der Waals surface area (Å²) >= 11 is 0. The van der Waals surface area contributed by atoms with Gasteiger partial charge >= 0.3 is 0 Å². The molecule has 1 amide bonds. The molecule has 2 aromatic rings. The molecule has 1 atom stereocenters. The number of carbonyl (C=O) groups is 1. The minimum atomic E-state index is -0.407. The molecule has 0 aromatic heterocycles. The summed E-state index contributed by atoms with van der Waals surface area (Å²) in [5, 5.41) is 2.41. The fourth-order valence-corrected chi connectivity index (χ4v) is 2.58. The largest absolute Gasteiger partial charge is 0.340 e. The van der Waals surface area contributed by atoms with E-state index in [1.165, 1.54) is 10.8 Å². The van der Waals surface area contributed by atoms with Crippen LogP contribution in [0.1, 0.15) is 25.8 Å². The molecule has 0 radical (unpaired) electrons. The summed E-state index contributed by atoms with van der Waals surface area (Å²) in [4.78, 5) is 14.0. The Labute approximate surface area is 126 Å². The van der Waals surface area contributed by atoms with Crippen LogP contribution < -0.4 is 5.73 Å². The lowest BCUT2D eigenvalue weighted by atomic mass is 10.0. The number of benzene rings is 2. The number of carbonyl (C=O) groups excluding carboxylic acids is 1. The van der Waals surface area contributed by atoms with Gasteiger partial charge in [0.15, 0.2) is 0 Å². The molecule has 112 valence electrons. The molecule has 0 spiro atoms. The van der Waals surface area contributed by atoms with Gasteiger partial charge in [-0.2, -0.15) is 0 Å². The normalized spacial score (nSPS) is 12.6. The van der Waals surface area contributed by atoms with Crippen molar-refractivity contribution in [2.75, 3.05) is 7.05 Å². The van der Waals surface area contributed by atoms with Crippen LogP contribution in [0.4, 0.5) is 0 Å². The summed E-state index contributed by atoms with van der Waals surface area (Å²) in [7, 11) is 1.82. The molecule has 3 heteroatoms. The Balaban J connectivity index is 2.06. The van der Waals surface area contributed by atoms with Crippen molar-refractivity contribution in [1.29, 1.82) is 0 Å². The Hall–Kier alpha value is -1.87. The topological polar surface area (TPSA) is 46.3 Å². The van der Waals surface area contributed by atoms with Gasteiger partial charge in [-0.25, -0.2) is 0 Å². The van der Waals surface area contributed by atoms with Crippen LogP contribution in [0, 0.1) is 5.92 Å². The highest BCUT2D eigenvalue weighted by Gasteiger charge is 2.19. The average molecular weight is 284 g/mol.